The molecule has 92 valence electrons. The van der Waals surface area contributed by atoms with Gasteiger partial charge in [-0.3, -0.25) is 0 Å². The average Bonchev–Trinajstić information content (AvgIpc) is 2.28. The van der Waals surface area contributed by atoms with E-state index in [2.05, 4.69) is 13.8 Å². The van der Waals surface area contributed by atoms with E-state index in [1.807, 2.05) is 12.1 Å². The summed E-state index contributed by atoms with van der Waals surface area (Å²) in [6.07, 6.45) is 2.16. The molecule has 17 heavy (non-hydrogen) atoms. The number of rotatable bonds is 2. The normalized spacial score (nSPS) is 23.3. The van der Waals surface area contributed by atoms with Crippen LogP contribution < -0.4 is 0 Å². The molecule has 1 atom stereocenters. The third kappa shape index (κ3) is 2.86. The van der Waals surface area contributed by atoms with Crippen molar-refractivity contribution in [2.45, 2.75) is 32.8 Å². The van der Waals surface area contributed by atoms with Crippen LogP contribution in [0.4, 0.5) is 0 Å². The Kier molecular flexibility index (Phi) is 3.20. The van der Waals surface area contributed by atoms with Gasteiger partial charge < -0.3 is 9.84 Å². The smallest absolute Gasteiger partial charge is 0.335 e. The molecule has 1 fully saturated rings. The van der Waals surface area contributed by atoms with Crippen LogP contribution in [0.5, 0.6) is 0 Å². The van der Waals surface area contributed by atoms with Gasteiger partial charge in [-0.1, -0.05) is 26.0 Å². The third-order valence-corrected chi connectivity index (χ3v) is 3.37. The van der Waals surface area contributed by atoms with Gasteiger partial charge in [0.25, 0.3) is 0 Å². The largest absolute Gasteiger partial charge is 0.478 e. The van der Waals surface area contributed by atoms with Crippen LogP contribution in [-0.4, -0.2) is 17.7 Å². The summed E-state index contributed by atoms with van der Waals surface area (Å²) < 4.78 is 5.75. The van der Waals surface area contributed by atoms with E-state index < -0.39 is 5.97 Å². The number of hydrogen-bond acceptors (Lipinski definition) is 2. The molecular formula is C14H18O3. The fourth-order valence-corrected chi connectivity index (χ4v) is 2.19. The summed E-state index contributed by atoms with van der Waals surface area (Å²) in [5, 5.41) is 8.84. The molecule has 1 aliphatic rings. The molecule has 1 saturated heterocycles. The van der Waals surface area contributed by atoms with Crippen LogP contribution in [0.2, 0.25) is 0 Å². The highest BCUT2D eigenvalue weighted by molar-refractivity contribution is 5.87. The Morgan fingerprint density at radius 2 is 2.00 bits per heavy atom. The molecule has 3 heteroatoms. The van der Waals surface area contributed by atoms with Crippen LogP contribution in [0.1, 0.15) is 48.7 Å². The zero-order valence-corrected chi connectivity index (χ0v) is 10.3. The average molecular weight is 234 g/mol. The lowest BCUT2D eigenvalue weighted by atomic mass is 9.80. The second-order valence-electron chi connectivity index (χ2n) is 5.40. The van der Waals surface area contributed by atoms with Crippen LogP contribution in [0.3, 0.4) is 0 Å². The molecule has 2 rings (SSSR count). The molecule has 0 radical (unpaired) electrons. The molecule has 0 amide bonds. The predicted molar refractivity (Wildman–Crippen MR) is 65.1 cm³/mol. The van der Waals surface area contributed by atoms with E-state index in [4.69, 9.17) is 9.84 Å². The Bertz CT molecular complexity index is 406. The summed E-state index contributed by atoms with van der Waals surface area (Å²) in [4.78, 5) is 10.8. The number of benzene rings is 1. The molecule has 1 aromatic carbocycles. The second kappa shape index (κ2) is 4.49. The summed E-state index contributed by atoms with van der Waals surface area (Å²) in [5.41, 5.74) is 1.69. The lowest BCUT2D eigenvalue weighted by molar-refractivity contribution is -0.0374. The van der Waals surface area contributed by atoms with Crippen LogP contribution >= 0.6 is 0 Å². The minimum Gasteiger partial charge on any atom is -0.478 e. The summed E-state index contributed by atoms with van der Waals surface area (Å²) in [5.74, 6) is -0.888. The minimum absolute atomic E-state index is 0.0987. The Balaban J connectivity index is 2.14. The van der Waals surface area contributed by atoms with Gasteiger partial charge >= 0.3 is 5.97 Å². The van der Waals surface area contributed by atoms with E-state index >= 15 is 0 Å². The zero-order chi connectivity index (χ0) is 12.5. The van der Waals surface area contributed by atoms with Gasteiger partial charge in [-0.25, -0.2) is 4.79 Å². The molecular weight excluding hydrogens is 216 g/mol. The van der Waals surface area contributed by atoms with Crippen molar-refractivity contribution < 1.29 is 14.6 Å². The van der Waals surface area contributed by atoms with E-state index in [0.29, 0.717) is 11.0 Å². The van der Waals surface area contributed by atoms with E-state index in [-0.39, 0.29) is 6.10 Å². The summed E-state index contributed by atoms with van der Waals surface area (Å²) in [6, 6.07) is 7.00. The van der Waals surface area contributed by atoms with Crippen molar-refractivity contribution in [1.82, 2.24) is 0 Å². The van der Waals surface area contributed by atoms with E-state index in [1.54, 1.807) is 12.1 Å². The Morgan fingerprint density at radius 1 is 1.35 bits per heavy atom. The number of carbonyl (C=O) groups is 1. The van der Waals surface area contributed by atoms with Gasteiger partial charge in [0.1, 0.15) is 0 Å². The fourth-order valence-electron chi connectivity index (χ4n) is 2.19. The Labute approximate surface area is 101 Å². The lowest BCUT2D eigenvalue weighted by Gasteiger charge is -2.35. The molecule has 3 nitrogen and oxygen atoms in total. The Morgan fingerprint density at radius 3 is 2.53 bits per heavy atom. The molecule has 1 aliphatic heterocycles. The highest BCUT2D eigenvalue weighted by atomic mass is 16.5. The van der Waals surface area contributed by atoms with Gasteiger partial charge in [0.2, 0.25) is 0 Å². The van der Waals surface area contributed by atoms with Gasteiger partial charge in [0, 0.05) is 6.61 Å². The van der Waals surface area contributed by atoms with Crippen LogP contribution in [0, 0.1) is 5.41 Å². The topological polar surface area (TPSA) is 46.5 Å². The molecule has 0 saturated carbocycles. The maximum atomic E-state index is 10.8. The van der Waals surface area contributed by atoms with Gasteiger partial charge in [-0.15, -0.1) is 0 Å². The van der Waals surface area contributed by atoms with E-state index in [0.717, 1.165) is 25.0 Å². The monoisotopic (exact) mass is 234 g/mol. The first-order valence-corrected chi connectivity index (χ1v) is 5.93. The highest BCUT2D eigenvalue weighted by Gasteiger charge is 2.29. The number of carboxylic acid groups (broad SMARTS) is 1. The summed E-state index contributed by atoms with van der Waals surface area (Å²) >= 11 is 0. The zero-order valence-electron chi connectivity index (χ0n) is 10.3. The fraction of sp³-hybridized carbons (Fsp3) is 0.500. The second-order valence-corrected chi connectivity index (χ2v) is 5.40. The van der Waals surface area contributed by atoms with Crippen molar-refractivity contribution in [2.24, 2.45) is 5.41 Å². The van der Waals surface area contributed by atoms with Crippen molar-refractivity contribution in [3.8, 4) is 0 Å². The van der Waals surface area contributed by atoms with Gasteiger partial charge in [0.15, 0.2) is 0 Å². The Hall–Kier alpha value is -1.35. The molecule has 1 aromatic rings. The quantitative estimate of drug-likeness (QED) is 0.854. The number of carboxylic acids is 1. The molecule has 1 heterocycles. The van der Waals surface area contributed by atoms with E-state index in [1.165, 1.54) is 0 Å². The number of ether oxygens (including phenoxy) is 1. The predicted octanol–water partition coefficient (Wildman–Crippen LogP) is 3.26. The summed E-state index contributed by atoms with van der Waals surface area (Å²) in [6.45, 7) is 5.26. The first-order valence-electron chi connectivity index (χ1n) is 5.93. The minimum atomic E-state index is -0.888. The van der Waals surface area contributed by atoms with Crippen LogP contribution in [-0.2, 0) is 4.74 Å². The van der Waals surface area contributed by atoms with Crippen molar-refractivity contribution in [1.29, 1.82) is 0 Å². The van der Waals surface area contributed by atoms with Gasteiger partial charge in [-0.05, 0) is 36.0 Å². The van der Waals surface area contributed by atoms with Crippen LogP contribution in [0.25, 0.3) is 0 Å². The van der Waals surface area contributed by atoms with Gasteiger partial charge in [-0.2, -0.15) is 0 Å². The van der Waals surface area contributed by atoms with Crippen molar-refractivity contribution in [2.75, 3.05) is 6.61 Å². The molecule has 0 bridgehead atoms. The van der Waals surface area contributed by atoms with E-state index in [9.17, 15) is 4.79 Å². The highest BCUT2D eigenvalue weighted by Crippen LogP contribution is 2.39. The molecule has 0 aliphatic carbocycles. The molecule has 1 unspecified atom stereocenters. The maximum absolute atomic E-state index is 10.8. The molecule has 0 spiro atoms. The van der Waals surface area contributed by atoms with Gasteiger partial charge in [0.05, 0.1) is 11.7 Å². The standard InChI is InChI=1S/C14H18O3/c1-14(2)7-8-17-12(9-14)10-3-5-11(6-4-10)13(15)16/h3-6,12H,7-9H2,1-2H3,(H,15,16). The third-order valence-electron chi connectivity index (χ3n) is 3.37. The van der Waals surface area contributed by atoms with Crippen molar-refractivity contribution >= 4 is 5.97 Å². The SMILES string of the molecule is CC1(C)CCOC(c2ccc(C(=O)O)cc2)C1. The first kappa shape index (κ1) is 12.1. The number of aromatic carboxylic acids is 1. The van der Waals surface area contributed by atoms with Crippen molar-refractivity contribution in [3.63, 3.8) is 0 Å². The maximum Gasteiger partial charge on any atom is 0.335 e. The summed E-state index contributed by atoms with van der Waals surface area (Å²) in [7, 11) is 0. The number of hydrogen-bond donors (Lipinski definition) is 1. The molecule has 0 aromatic heterocycles. The first-order chi connectivity index (χ1) is 7.98. The van der Waals surface area contributed by atoms with Crippen molar-refractivity contribution in [3.05, 3.63) is 35.4 Å². The van der Waals surface area contributed by atoms with Crippen LogP contribution in [0.15, 0.2) is 24.3 Å². The molecule has 1 N–H and O–H groups in total. The lowest BCUT2D eigenvalue weighted by Crippen LogP contribution is -2.26.